The largest absolute Gasteiger partial charge is 0.391 e. The summed E-state index contributed by atoms with van der Waals surface area (Å²) in [6, 6.07) is 0. The van der Waals surface area contributed by atoms with Gasteiger partial charge in [-0.05, 0) is 12.8 Å². The molecule has 3 nitrogen and oxygen atoms in total. The second-order valence-electron chi connectivity index (χ2n) is 4.63. The summed E-state index contributed by atoms with van der Waals surface area (Å²) in [4.78, 5) is 24.2. The van der Waals surface area contributed by atoms with Crippen LogP contribution in [0.4, 0.5) is 13.2 Å². The first kappa shape index (κ1) is 14.0. The van der Waals surface area contributed by atoms with Crippen molar-refractivity contribution in [3.8, 4) is 0 Å². The van der Waals surface area contributed by atoms with Crippen LogP contribution >= 0.6 is 0 Å². The predicted octanol–water partition coefficient (Wildman–Crippen LogP) is 2.01. The van der Waals surface area contributed by atoms with Crippen LogP contribution in [0.5, 0.6) is 0 Å². The fourth-order valence-corrected chi connectivity index (χ4v) is 1.81. The van der Waals surface area contributed by atoms with Crippen LogP contribution in [-0.2, 0) is 9.59 Å². The highest BCUT2D eigenvalue weighted by molar-refractivity contribution is 6.36. The number of carbonyl (C=O) groups excluding carboxylic acids is 2. The number of likely N-dealkylation sites (tertiary alicyclic amines) is 1. The molecule has 0 aliphatic carbocycles. The van der Waals surface area contributed by atoms with Crippen molar-refractivity contribution >= 4 is 11.7 Å². The third-order valence-corrected chi connectivity index (χ3v) is 2.98. The molecule has 0 N–H and O–H groups in total. The van der Waals surface area contributed by atoms with Crippen molar-refractivity contribution in [3.05, 3.63) is 0 Å². The average Bonchev–Trinajstić information content (AvgIpc) is 2.26. The molecule has 17 heavy (non-hydrogen) atoms. The zero-order valence-corrected chi connectivity index (χ0v) is 9.88. The Balaban J connectivity index is 2.53. The summed E-state index contributed by atoms with van der Waals surface area (Å²) in [5.41, 5.74) is 0. The number of Topliss-reactive ketones (excluding diaryl/α,β-unsaturated/α-hetero) is 1. The van der Waals surface area contributed by atoms with E-state index in [1.807, 2.05) is 0 Å². The Morgan fingerprint density at radius 2 is 1.65 bits per heavy atom. The molecule has 1 fully saturated rings. The molecule has 1 heterocycles. The van der Waals surface area contributed by atoms with E-state index in [-0.39, 0.29) is 25.9 Å². The summed E-state index contributed by atoms with van der Waals surface area (Å²) in [7, 11) is 0. The van der Waals surface area contributed by atoms with Crippen molar-refractivity contribution < 1.29 is 22.8 Å². The van der Waals surface area contributed by atoms with Gasteiger partial charge in [0.25, 0.3) is 5.91 Å². The number of rotatable bonds is 2. The average molecular weight is 251 g/mol. The predicted molar refractivity (Wildman–Crippen MR) is 55.2 cm³/mol. The van der Waals surface area contributed by atoms with Gasteiger partial charge in [0.1, 0.15) is 0 Å². The summed E-state index contributed by atoms with van der Waals surface area (Å²) in [6.45, 7) is 3.23. The zero-order valence-electron chi connectivity index (χ0n) is 9.88. The van der Waals surface area contributed by atoms with E-state index in [2.05, 4.69) is 0 Å². The van der Waals surface area contributed by atoms with Crippen LogP contribution in [0.25, 0.3) is 0 Å². The number of hydrogen-bond acceptors (Lipinski definition) is 2. The molecule has 1 rings (SSSR count). The lowest BCUT2D eigenvalue weighted by Gasteiger charge is -2.32. The summed E-state index contributed by atoms with van der Waals surface area (Å²) in [5, 5.41) is 0. The highest BCUT2D eigenvalue weighted by atomic mass is 19.4. The smallest absolute Gasteiger partial charge is 0.336 e. The van der Waals surface area contributed by atoms with E-state index in [0.29, 0.717) is 0 Å². The lowest BCUT2D eigenvalue weighted by Crippen LogP contribution is -2.45. The summed E-state index contributed by atoms with van der Waals surface area (Å²) in [5.74, 6) is -2.94. The quantitative estimate of drug-likeness (QED) is 0.704. The Bertz CT molecular complexity index is 304. The first-order valence-corrected chi connectivity index (χ1v) is 5.63. The minimum absolute atomic E-state index is 0.0153. The van der Waals surface area contributed by atoms with Crippen molar-refractivity contribution in [2.45, 2.75) is 32.9 Å². The van der Waals surface area contributed by atoms with Crippen LogP contribution in [0.2, 0.25) is 0 Å². The number of ketones is 1. The molecular weight excluding hydrogens is 235 g/mol. The van der Waals surface area contributed by atoms with Gasteiger partial charge in [0.05, 0.1) is 5.92 Å². The normalized spacial score (nSPS) is 18.6. The van der Waals surface area contributed by atoms with Gasteiger partial charge in [0.2, 0.25) is 5.78 Å². The van der Waals surface area contributed by atoms with Crippen molar-refractivity contribution in [1.29, 1.82) is 0 Å². The first-order chi connectivity index (χ1) is 7.73. The van der Waals surface area contributed by atoms with E-state index in [9.17, 15) is 22.8 Å². The number of nitrogens with zero attached hydrogens (tertiary/aromatic N) is 1. The van der Waals surface area contributed by atoms with Crippen molar-refractivity contribution in [1.82, 2.24) is 4.90 Å². The Labute approximate surface area is 98.0 Å². The van der Waals surface area contributed by atoms with Gasteiger partial charge >= 0.3 is 6.18 Å². The van der Waals surface area contributed by atoms with Crippen LogP contribution < -0.4 is 0 Å². The summed E-state index contributed by atoms with van der Waals surface area (Å²) >= 11 is 0. The molecule has 98 valence electrons. The van der Waals surface area contributed by atoms with Gasteiger partial charge in [-0.3, -0.25) is 9.59 Å². The molecule has 0 bridgehead atoms. The first-order valence-electron chi connectivity index (χ1n) is 5.63. The number of hydrogen-bond donors (Lipinski definition) is 0. The Hall–Kier alpha value is -1.07. The SMILES string of the molecule is CC(C)C(=O)C(=O)N1CCC(C(F)(F)F)CC1. The van der Waals surface area contributed by atoms with Gasteiger partial charge in [-0.1, -0.05) is 13.8 Å². The zero-order chi connectivity index (χ0) is 13.2. The molecule has 1 saturated heterocycles. The molecule has 0 saturated carbocycles. The molecule has 0 atom stereocenters. The number of halogens is 3. The van der Waals surface area contributed by atoms with Gasteiger partial charge in [0.15, 0.2) is 0 Å². The standard InChI is InChI=1S/C11H16F3NO2/c1-7(2)9(16)10(17)15-5-3-8(4-6-15)11(12,13)14/h7-8H,3-6H2,1-2H3. The van der Waals surface area contributed by atoms with Crippen LogP contribution in [-0.4, -0.2) is 35.9 Å². The highest BCUT2D eigenvalue weighted by Gasteiger charge is 2.42. The van der Waals surface area contributed by atoms with E-state index in [1.54, 1.807) is 13.8 Å². The van der Waals surface area contributed by atoms with E-state index < -0.39 is 29.7 Å². The van der Waals surface area contributed by atoms with Gasteiger partial charge < -0.3 is 4.90 Å². The van der Waals surface area contributed by atoms with Crippen LogP contribution in [0.15, 0.2) is 0 Å². The Morgan fingerprint density at radius 3 is 2.00 bits per heavy atom. The van der Waals surface area contributed by atoms with E-state index >= 15 is 0 Å². The third kappa shape index (κ3) is 3.44. The molecule has 0 unspecified atom stereocenters. The van der Waals surface area contributed by atoms with Gasteiger partial charge in [-0.15, -0.1) is 0 Å². The number of piperidine rings is 1. The summed E-state index contributed by atoms with van der Waals surface area (Å²) < 4.78 is 37.2. The topological polar surface area (TPSA) is 37.4 Å². The van der Waals surface area contributed by atoms with Crippen LogP contribution in [0.1, 0.15) is 26.7 Å². The summed E-state index contributed by atoms with van der Waals surface area (Å²) in [6.07, 6.45) is -4.42. The molecule has 6 heteroatoms. The molecule has 0 radical (unpaired) electrons. The second-order valence-corrected chi connectivity index (χ2v) is 4.63. The molecule has 0 spiro atoms. The van der Waals surface area contributed by atoms with Gasteiger partial charge in [0, 0.05) is 19.0 Å². The molecular formula is C11H16F3NO2. The maximum atomic E-state index is 12.4. The van der Waals surface area contributed by atoms with Crippen LogP contribution in [0.3, 0.4) is 0 Å². The van der Waals surface area contributed by atoms with Crippen molar-refractivity contribution in [3.63, 3.8) is 0 Å². The highest BCUT2D eigenvalue weighted by Crippen LogP contribution is 2.34. The van der Waals surface area contributed by atoms with Crippen molar-refractivity contribution in [2.75, 3.05) is 13.1 Å². The van der Waals surface area contributed by atoms with E-state index in [1.165, 1.54) is 4.90 Å². The Morgan fingerprint density at radius 1 is 1.18 bits per heavy atom. The third-order valence-electron chi connectivity index (χ3n) is 2.98. The van der Waals surface area contributed by atoms with Crippen LogP contribution in [0, 0.1) is 11.8 Å². The number of amides is 1. The number of carbonyl (C=O) groups is 2. The minimum atomic E-state index is -4.20. The number of alkyl halides is 3. The fourth-order valence-electron chi connectivity index (χ4n) is 1.81. The van der Waals surface area contributed by atoms with Gasteiger partial charge in [-0.25, -0.2) is 0 Å². The maximum absolute atomic E-state index is 12.4. The Kier molecular flexibility index (Phi) is 4.16. The fraction of sp³-hybridized carbons (Fsp3) is 0.818. The molecule has 1 aliphatic heterocycles. The van der Waals surface area contributed by atoms with Crippen molar-refractivity contribution in [2.24, 2.45) is 11.8 Å². The maximum Gasteiger partial charge on any atom is 0.391 e. The molecule has 1 amide bonds. The molecule has 0 aromatic rings. The van der Waals surface area contributed by atoms with Gasteiger partial charge in [-0.2, -0.15) is 13.2 Å². The molecule has 0 aromatic carbocycles. The van der Waals surface area contributed by atoms with E-state index in [4.69, 9.17) is 0 Å². The second kappa shape index (κ2) is 5.06. The molecule has 1 aliphatic rings. The minimum Gasteiger partial charge on any atom is -0.336 e. The van der Waals surface area contributed by atoms with E-state index in [0.717, 1.165) is 0 Å². The lowest BCUT2D eigenvalue weighted by molar-refractivity contribution is -0.186. The monoisotopic (exact) mass is 251 g/mol. The molecule has 0 aromatic heterocycles. The lowest BCUT2D eigenvalue weighted by atomic mass is 9.95.